The summed E-state index contributed by atoms with van der Waals surface area (Å²) in [6.45, 7) is 5.32. The summed E-state index contributed by atoms with van der Waals surface area (Å²) in [4.78, 5) is 22.8. The molecule has 0 aliphatic heterocycles. The van der Waals surface area contributed by atoms with Gasteiger partial charge in [0.15, 0.2) is 0 Å². The van der Waals surface area contributed by atoms with E-state index in [4.69, 9.17) is 18.5 Å². The van der Waals surface area contributed by atoms with Crippen molar-refractivity contribution >= 4 is 13.8 Å². The predicted molar refractivity (Wildman–Crippen MR) is 224 cm³/mol. The van der Waals surface area contributed by atoms with Gasteiger partial charge in [-0.2, -0.15) is 0 Å². The summed E-state index contributed by atoms with van der Waals surface area (Å²) < 4.78 is 34.8. The Bertz CT molecular complexity index is 1120. The van der Waals surface area contributed by atoms with Crippen LogP contribution in [0.5, 0.6) is 0 Å². The van der Waals surface area contributed by atoms with Crippen molar-refractivity contribution in [2.45, 2.75) is 136 Å². The third-order valence-corrected chi connectivity index (χ3v) is 8.94. The van der Waals surface area contributed by atoms with Gasteiger partial charge in [0.25, 0.3) is 0 Å². The van der Waals surface area contributed by atoms with Gasteiger partial charge in [-0.25, -0.2) is 4.57 Å². The van der Waals surface area contributed by atoms with Crippen LogP contribution in [0.25, 0.3) is 0 Å². The quantitative estimate of drug-likeness (QED) is 0.0223. The number of ether oxygens (including phenoxy) is 2. The lowest BCUT2D eigenvalue weighted by Crippen LogP contribution is -2.37. The maximum absolute atomic E-state index is 12.6. The number of phosphoric ester groups is 1. The van der Waals surface area contributed by atoms with Gasteiger partial charge in [0.1, 0.15) is 19.3 Å². The van der Waals surface area contributed by atoms with Crippen molar-refractivity contribution in [1.82, 2.24) is 0 Å². The number of likely N-dealkylation sites (N-methyl/N-ethyl adjacent to an activating group) is 1. The minimum Gasteiger partial charge on any atom is -0.457 e. The molecule has 1 N–H and O–H groups in total. The molecule has 0 bridgehead atoms. The second kappa shape index (κ2) is 36.6. The second-order valence-electron chi connectivity index (χ2n) is 14.3. The van der Waals surface area contributed by atoms with Gasteiger partial charge in [-0.1, -0.05) is 137 Å². The third kappa shape index (κ3) is 40.7. The minimum atomic E-state index is -4.30. The maximum Gasteiger partial charge on any atom is 0.472 e. The number of hydrogen-bond donors (Lipinski definition) is 1. The molecule has 0 heterocycles. The first kappa shape index (κ1) is 50.7. The van der Waals surface area contributed by atoms with E-state index in [1.54, 1.807) is 0 Å². The van der Waals surface area contributed by atoms with Crippen LogP contribution >= 0.6 is 7.82 Å². The number of phosphoric acid groups is 1. The highest BCUT2D eigenvalue weighted by Gasteiger charge is 2.26. The molecule has 0 saturated heterocycles. The van der Waals surface area contributed by atoms with E-state index >= 15 is 0 Å². The summed E-state index contributed by atoms with van der Waals surface area (Å²) in [5, 5.41) is 0. The van der Waals surface area contributed by atoms with Crippen molar-refractivity contribution in [1.29, 1.82) is 0 Å². The van der Waals surface area contributed by atoms with Gasteiger partial charge in [0.05, 0.1) is 34.4 Å². The zero-order valence-electron chi connectivity index (χ0n) is 34.2. The number of allylic oxidation sites excluding steroid dienone is 14. The zero-order valence-corrected chi connectivity index (χ0v) is 35.1. The van der Waals surface area contributed by atoms with E-state index in [-0.39, 0.29) is 26.2 Å². The average Bonchev–Trinajstić information content (AvgIpc) is 3.11. The van der Waals surface area contributed by atoms with Gasteiger partial charge in [0.2, 0.25) is 0 Å². The number of esters is 1. The first-order valence-electron chi connectivity index (χ1n) is 20.3. The molecule has 0 rings (SSSR count). The molecule has 0 aromatic carbocycles. The highest BCUT2D eigenvalue weighted by molar-refractivity contribution is 7.47. The lowest BCUT2D eigenvalue weighted by atomic mass is 10.1. The Hall–Kier alpha value is -2.32. The molecular weight excluding hydrogens is 685 g/mol. The van der Waals surface area contributed by atoms with Crippen molar-refractivity contribution in [2.24, 2.45) is 0 Å². The molecule has 53 heavy (non-hydrogen) atoms. The van der Waals surface area contributed by atoms with E-state index in [0.717, 1.165) is 64.2 Å². The van der Waals surface area contributed by atoms with Crippen molar-refractivity contribution < 1.29 is 37.3 Å². The molecule has 9 heteroatoms. The van der Waals surface area contributed by atoms with Crippen LogP contribution in [0.15, 0.2) is 85.1 Å². The zero-order chi connectivity index (χ0) is 39.1. The van der Waals surface area contributed by atoms with Crippen LogP contribution in [0.2, 0.25) is 0 Å². The molecule has 304 valence electrons. The van der Waals surface area contributed by atoms with Crippen LogP contribution in [0.3, 0.4) is 0 Å². The van der Waals surface area contributed by atoms with Crippen LogP contribution in [-0.2, 0) is 27.9 Å². The van der Waals surface area contributed by atoms with Gasteiger partial charge in [-0.3, -0.25) is 13.8 Å². The van der Waals surface area contributed by atoms with E-state index in [1.165, 1.54) is 38.5 Å². The van der Waals surface area contributed by atoms with Crippen molar-refractivity contribution in [3.05, 3.63) is 85.1 Å². The topological polar surface area (TPSA) is 91.3 Å². The number of carbonyl (C=O) groups excluding carboxylic acids is 1. The molecule has 0 radical (unpaired) electrons. The lowest BCUT2D eigenvalue weighted by molar-refractivity contribution is -0.870. The summed E-state index contributed by atoms with van der Waals surface area (Å²) in [5.74, 6) is -0.402. The molecule has 2 unspecified atom stereocenters. The van der Waals surface area contributed by atoms with Crippen molar-refractivity contribution in [3.63, 3.8) is 0 Å². The Morgan fingerprint density at radius 2 is 1.09 bits per heavy atom. The molecule has 8 nitrogen and oxygen atoms in total. The van der Waals surface area contributed by atoms with Crippen LogP contribution < -0.4 is 0 Å². The SMILES string of the molecule is CC/C=C\C/C=C\C/C=C\C/C=C\C/C=C\C/C=C\CCC(=O)OC(COCCCCCCCC/C=C\CCCC)COP(=O)(O)OCC[N+](C)(C)C. The molecule has 0 saturated carbocycles. The molecule has 0 aliphatic carbocycles. The molecule has 0 spiro atoms. The van der Waals surface area contributed by atoms with Crippen LogP contribution in [-0.4, -0.2) is 75.6 Å². The van der Waals surface area contributed by atoms with E-state index in [2.05, 4.69) is 86.8 Å². The van der Waals surface area contributed by atoms with Gasteiger partial charge < -0.3 is 18.9 Å². The van der Waals surface area contributed by atoms with Crippen LogP contribution in [0.4, 0.5) is 0 Å². The van der Waals surface area contributed by atoms with Crippen molar-refractivity contribution in [3.8, 4) is 0 Å². The molecule has 0 amide bonds. The van der Waals surface area contributed by atoms with Gasteiger partial charge in [-0.15, -0.1) is 0 Å². The molecule has 0 fully saturated rings. The maximum atomic E-state index is 12.6. The number of nitrogens with zero attached hydrogens (tertiary/aromatic N) is 1. The summed E-state index contributed by atoms with van der Waals surface area (Å²) in [6.07, 6.45) is 47.7. The van der Waals surface area contributed by atoms with E-state index in [9.17, 15) is 14.3 Å². The summed E-state index contributed by atoms with van der Waals surface area (Å²) in [5.41, 5.74) is 0. The Morgan fingerprint density at radius 3 is 1.64 bits per heavy atom. The largest absolute Gasteiger partial charge is 0.472 e. The normalized spacial score (nSPS) is 14.8. The highest BCUT2D eigenvalue weighted by atomic mass is 31.2. The predicted octanol–water partition coefficient (Wildman–Crippen LogP) is 11.7. The standard InChI is InChI=1S/C44H76NO7P/c1-6-8-10-12-14-16-18-20-21-22-23-24-25-26-27-29-31-33-35-37-44(46)52-43(42-51-53(47,48)50-40-38-45(3,4)5)41-49-39-36-34-32-30-28-19-17-15-13-11-9-7-2/h8,10,13-16,20-21,23-24,26-27,31,33,43H,6-7,9,11-12,17-19,22,25,28-30,32,34-42H2,1-5H3/p+1/b10-8-,15-13-,16-14-,21-20-,24-23-,27-26-,33-31-. The Kier molecular flexibility index (Phi) is 35.0. The van der Waals surface area contributed by atoms with Gasteiger partial charge >= 0.3 is 13.8 Å². The fraction of sp³-hybridized carbons (Fsp3) is 0.659. The number of unbranched alkanes of at least 4 members (excludes halogenated alkanes) is 8. The van der Waals surface area contributed by atoms with E-state index in [0.29, 0.717) is 24.1 Å². The number of carbonyl (C=O) groups is 1. The summed E-state index contributed by atoms with van der Waals surface area (Å²) in [7, 11) is 1.60. The Labute approximate surface area is 325 Å². The molecule has 0 aromatic rings. The monoisotopic (exact) mass is 763 g/mol. The van der Waals surface area contributed by atoms with Gasteiger partial charge in [-0.05, 0) is 70.6 Å². The summed E-state index contributed by atoms with van der Waals surface area (Å²) in [6, 6.07) is 0. The number of quaternary nitrogens is 1. The molecular formula is C44H77NO7P+. The second-order valence-corrected chi connectivity index (χ2v) is 15.7. The molecule has 0 aliphatic rings. The Balaban J connectivity index is 4.44. The minimum absolute atomic E-state index is 0.0693. The number of hydrogen-bond acceptors (Lipinski definition) is 6. The fourth-order valence-electron chi connectivity index (χ4n) is 4.79. The van der Waals surface area contributed by atoms with E-state index in [1.807, 2.05) is 33.3 Å². The van der Waals surface area contributed by atoms with Crippen molar-refractivity contribution in [2.75, 3.05) is 54.1 Å². The summed E-state index contributed by atoms with van der Waals surface area (Å²) >= 11 is 0. The first-order valence-corrected chi connectivity index (χ1v) is 21.8. The van der Waals surface area contributed by atoms with Crippen LogP contribution in [0, 0.1) is 0 Å². The van der Waals surface area contributed by atoms with Crippen LogP contribution in [0.1, 0.15) is 129 Å². The lowest BCUT2D eigenvalue weighted by Gasteiger charge is -2.24. The average molecular weight is 763 g/mol. The molecule has 2 atom stereocenters. The third-order valence-electron chi connectivity index (χ3n) is 7.95. The van der Waals surface area contributed by atoms with E-state index < -0.39 is 19.9 Å². The first-order chi connectivity index (χ1) is 25.6. The number of rotatable bonds is 36. The van der Waals surface area contributed by atoms with Gasteiger partial charge in [0, 0.05) is 13.0 Å². The molecule has 0 aromatic heterocycles. The Morgan fingerprint density at radius 1 is 0.604 bits per heavy atom. The smallest absolute Gasteiger partial charge is 0.457 e. The fourth-order valence-corrected chi connectivity index (χ4v) is 5.53. The highest BCUT2D eigenvalue weighted by Crippen LogP contribution is 2.43.